The fraction of sp³-hybridized carbons (Fsp3) is 0.200. The lowest BCUT2D eigenvalue weighted by Crippen LogP contribution is -2.34. The third kappa shape index (κ3) is 3.66. The van der Waals surface area contributed by atoms with Gasteiger partial charge in [0.05, 0.1) is 6.04 Å². The van der Waals surface area contributed by atoms with Crippen molar-refractivity contribution in [2.45, 2.75) is 31.8 Å². The normalized spacial score (nSPS) is 17.6. The largest absolute Gasteiger partial charge is 0.366 e. The number of benzene rings is 3. The van der Waals surface area contributed by atoms with E-state index in [9.17, 15) is 9.59 Å². The van der Waals surface area contributed by atoms with Crippen LogP contribution in [0, 0.1) is 0 Å². The van der Waals surface area contributed by atoms with Crippen molar-refractivity contribution < 1.29 is 9.59 Å². The van der Waals surface area contributed by atoms with Crippen LogP contribution in [0.5, 0.6) is 0 Å². The molecular formula is C25H24N2O2. The maximum Gasteiger partial charge on any atom is 0.254 e. The second kappa shape index (κ2) is 7.92. The molecule has 3 aromatic rings. The van der Waals surface area contributed by atoms with Gasteiger partial charge in [0.2, 0.25) is 5.91 Å². The third-order valence-corrected chi connectivity index (χ3v) is 5.74. The lowest BCUT2D eigenvalue weighted by molar-refractivity contribution is 0.0652. The van der Waals surface area contributed by atoms with Gasteiger partial charge in [0.15, 0.2) is 0 Å². The van der Waals surface area contributed by atoms with Crippen molar-refractivity contribution in [1.82, 2.24) is 4.90 Å². The first-order valence-corrected chi connectivity index (χ1v) is 9.89. The van der Waals surface area contributed by atoms with Crippen molar-refractivity contribution >= 4 is 11.8 Å². The van der Waals surface area contributed by atoms with Crippen molar-refractivity contribution in [2.24, 2.45) is 5.73 Å². The van der Waals surface area contributed by atoms with Crippen LogP contribution in [-0.4, -0.2) is 16.7 Å². The summed E-state index contributed by atoms with van der Waals surface area (Å²) in [4.78, 5) is 27.4. The maximum atomic E-state index is 13.5. The van der Waals surface area contributed by atoms with Gasteiger partial charge in [-0.1, -0.05) is 67.6 Å². The molecule has 2 N–H and O–H groups in total. The fourth-order valence-corrected chi connectivity index (χ4v) is 4.30. The highest BCUT2D eigenvalue weighted by Gasteiger charge is 2.35. The van der Waals surface area contributed by atoms with Gasteiger partial charge in [-0.3, -0.25) is 9.59 Å². The van der Waals surface area contributed by atoms with Gasteiger partial charge in [0.1, 0.15) is 0 Å². The molecule has 0 saturated carbocycles. The first-order chi connectivity index (χ1) is 14.1. The van der Waals surface area contributed by atoms with E-state index in [2.05, 4.69) is 19.1 Å². The Morgan fingerprint density at radius 2 is 1.52 bits per heavy atom. The summed E-state index contributed by atoms with van der Waals surface area (Å²) in [6.45, 7) is 2.53. The van der Waals surface area contributed by atoms with Crippen molar-refractivity contribution in [3.05, 3.63) is 107 Å². The predicted octanol–water partition coefficient (Wildman–Crippen LogP) is 4.68. The van der Waals surface area contributed by atoms with E-state index in [1.54, 1.807) is 12.1 Å². The summed E-state index contributed by atoms with van der Waals surface area (Å²) in [5, 5.41) is 0. The van der Waals surface area contributed by atoms with Gasteiger partial charge in [-0.2, -0.15) is 0 Å². The molecule has 2 unspecified atom stereocenters. The fourth-order valence-electron chi connectivity index (χ4n) is 4.30. The van der Waals surface area contributed by atoms with Crippen LogP contribution in [0.2, 0.25) is 0 Å². The predicted molar refractivity (Wildman–Crippen MR) is 113 cm³/mol. The number of primary amides is 1. The minimum Gasteiger partial charge on any atom is -0.366 e. The molecule has 2 atom stereocenters. The molecule has 0 saturated heterocycles. The molecule has 2 amide bonds. The van der Waals surface area contributed by atoms with Crippen LogP contribution < -0.4 is 5.73 Å². The SMILES string of the molecule is CC1CC(N(Cc2ccccc2C(N)=O)C(=O)c2ccccc2)c2ccccc21. The average molecular weight is 384 g/mol. The molecular weight excluding hydrogens is 360 g/mol. The molecule has 4 rings (SSSR count). The first kappa shape index (κ1) is 18.9. The number of nitrogens with two attached hydrogens (primary N) is 1. The quantitative estimate of drug-likeness (QED) is 0.694. The Bertz CT molecular complexity index is 1050. The van der Waals surface area contributed by atoms with Gasteiger partial charge in [-0.15, -0.1) is 0 Å². The van der Waals surface area contributed by atoms with E-state index in [1.807, 2.05) is 59.5 Å². The van der Waals surface area contributed by atoms with Crippen molar-refractivity contribution in [3.63, 3.8) is 0 Å². The number of carbonyl (C=O) groups is 2. The van der Waals surface area contributed by atoms with Crippen molar-refractivity contribution in [3.8, 4) is 0 Å². The summed E-state index contributed by atoms with van der Waals surface area (Å²) in [6, 6.07) is 24.8. The Labute approximate surface area is 171 Å². The second-order valence-electron chi connectivity index (χ2n) is 7.60. The molecule has 3 aromatic carbocycles. The first-order valence-electron chi connectivity index (χ1n) is 9.89. The molecule has 146 valence electrons. The standard InChI is InChI=1S/C25H24N2O2/c1-17-15-23(22-14-8-7-12-20(17)22)27(25(29)18-9-3-2-4-10-18)16-19-11-5-6-13-21(19)24(26)28/h2-14,17,23H,15-16H2,1H3,(H2,26,28). The molecule has 0 fully saturated rings. The van der Waals surface area contributed by atoms with Crippen LogP contribution in [0.15, 0.2) is 78.9 Å². The number of rotatable bonds is 5. The Morgan fingerprint density at radius 3 is 2.24 bits per heavy atom. The lowest BCUT2D eigenvalue weighted by atomic mass is 10.0. The Balaban J connectivity index is 1.77. The lowest BCUT2D eigenvalue weighted by Gasteiger charge is -2.31. The van der Waals surface area contributed by atoms with E-state index in [4.69, 9.17) is 5.73 Å². The second-order valence-corrected chi connectivity index (χ2v) is 7.60. The highest BCUT2D eigenvalue weighted by Crippen LogP contribution is 2.44. The Kier molecular flexibility index (Phi) is 5.17. The average Bonchev–Trinajstić information content (AvgIpc) is 3.09. The number of hydrogen-bond acceptors (Lipinski definition) is 2. The highest BCUT2D eigenvalue weighted by molar-refractivity contribution is 5.96. The summed E-state index contributed by atoms with van der Waals surface area (Å²) >= 11 is 0. The van der Waals surface area contributed by atoms with E-state index in [1.165, 1.54) is 11.1 Å². The molecule has 4 nitrogen and oxygen atoms in total. The zero-order chi connectivity index (χ0) is 20.4. The molecule has 0 aliphatic heterocycles. The topological polar surface area (TPSA) is 63.4 Å². The van der Waals surface area contributed by atoms with Crippen LogP contribution >= 0.6 is 0 Å². The molecule has 0 heterocycles. The number of amides is 2. The van der Waals surface area contributed by atoms with Gasteiger partial charge in [-0.05, 0) is 47.2 Å². The zero-order valence-corrected chi connectivity index (χ0v) is 16.4. The molecule has 1 aliphatic carbocycles. The molecule has 0 radical (unpaired) electrons. The summed E-state index contributed by atoms with van der Waals surface area (Å²) < 4.78 is 0. The zero-order valence-electron chi connectivity index (χ0n) is 16.4. The van der Waals surface area contributed by atoms with E-state index in [-0.39, 0.29) is 11.9 Å². The van der Waals surface area contributed by atoms with Crippen LogP contribution in [0.4, 0.5) is 0 Å². The van der Waals surface area contributed by atoms with Gasteiger partial charge >= 0.3 is 0 Å². The van der Waals surface area contributed by atoms with Crippen molar-refractivity contribution in [2.75, 3.05) is 0 Å². The number of carbonyl (C=O) groups excluding carboxylic acids is 2. The van der Waals surface area contributed by atoms with Crippen LogP contribution in [-0.2, 0) is 6.54 Å². The van der Waals surface area contributed by atoms with E-state index >= 15 is 0 Å². The van der Waals surface area contributed by atoms with Gasteiger partial charge in [-0.25, -0.2) is 0 Å². The highest BCUT2D eigenvalue weighted by atomic mass is 16.2. The van der Waals surface area contributed by atoms with E-state index in [0.29, 0.717) is 23.6 Å². The summed E-state index contributed by atoms with van der Waals surface area (Å²) in [5.41, 5.74) is 9.91. The van der Waals surface area contributed by atoms with Crippen LogP contribution in [0.25, 0.3) is 0 Å². The summed E-state index contributed by atoms with van der Waals surface area (Å²) in [5.74, 6) is -0.152. The molecule has 0 spiro atoms. The number of fused-ring (bicyclic) bond motifs is 1. The molecule has 29 heavy (non-hydrogen) atoms. The Hall–Kier alpha value is -3.40. The summed E-state index contributed by atoms with van der Waals surface area (Å²) in [7, 11) is 0. The molecule has 0 aromatic heterocycles. The molecule has 1 aliphatic rings. The summed E-state index contributed by atoms with van der Waals surface area (Å²) in [6.07, 6.45) is 0.858. The van der Waals surface area contributed by atoms with Crippen molar-refractivity contribution in [1.29, 1.82) is 0 Å². The van der Waals surface area contributed by atoms with E-state index in [0.717, 1.165) is 12.0 Å². The maximum absolute atomic E-state index is 13.5. The third-order valence-electron chi connectivity index (χ3n) is 5.74. The molecule has 0 bridgehead atoms. The monoisotopic (exact) mass is 384 g/mol. The molecule has 4 heteroatoms. The number of nitrogens with zero attached hydrogens (tertiary/aromatic N) is 1. The minimum atomic E-state index is -0.479. The van der Waals surface area contributed by atoms with Crippen LogP contribution in [0.3, 0.4) is 0 Å². The van der Waals surface area contributed by atoms with E-state index < -0.39 is 5.91 Å². The van der Waals surface area contributed by atoms with Gasteiger partial charge in [0, 0.05) is 17.7 Å². The van der Waals surface area contributed by atoms with Gasteiger partial charge < -0.3 is 10.6 Å². The smallest absolute Gasteiger partial charge is 0.254 e. The Morgan fingerprint density at radius 1 is 0.897 bits per heavy atom. The van der Waals surface area contributed by atoms with Gasteiger partial charge in [0.25, 0.3) is 5.91 Å². The van der Waals surface area contributed by atoms with Crippen LogP contribution in [0.1, 0.15) is 62.7 Å². The minimum absolute atomic E-state index is 0.0428. The number of hydrogen-bond donors (Lipinski definition) is 1.